The van der Waals surface area contributed by atoms with Gasteiger partial charge in [-0.05, 0) is 57.9 Å². The Hall–Kier alpha value is -6.00. The van der Waals surface area contributed by atoms with Gasteiger partial charge in [0, 0.05) is 31.6 Å². The monoisotopic (exact) mass is 692 g/mol. The number of nitrogens with one attached hydrogen (secondary N) is 4. The largest absolute Gasteiger partial charge is 0.444 e. The fourth-order valence-corrected chi connectivity index (χ4v) is 5.81. The van der Waals surface area contributed by atoms with Gasteiger partial charge >= 0.3 is 6.09 Å². The van der Waals surface area contributed by atoms with Gasteiger partial charge in [0.15, 0.2) is 0 Å². The minimum atomic E-state index is -1.07. The molecule has 262 valence electrons. The van der Waals surface area contributed by atoms with E-state index >= 15 is 0 Å². The normalized spacial score (nSPS) is 20.1. The van der Waals surface area contributed by atoms with Crippen LogP contribution in [0.2, 0.25) is 0 Å². The van der Waals surface area contributed by atoms with Crippen molar-refractivity contribution in [1.29, 1.82) is 0 Å². The maximum atomic E-state index is 13.7. The molecule has 4 aliphatic heterocycles. The van der Waals surface area contributed by atoms with Crippen LogP contribution in [0.25, 0.3) is 0 Å². The molecule has 0 aliphatic carbocycles. The van der Waals surface area contributed by atoms with Gasteiger partial charge in [-0.3, -0.25) is 58.8 Å². The Morgan fingerprint density at radius 2 is 1.26 bits per heavy atom. The average Bonchev–Trinajstić information content (AvgIpc) is 3.44. The van der Waals surface area contributed by atoms with Gasteiger partial charge in [0.25, 0.3) is 23.6 Å². The Morgan fingerprint density at radius 3 is 1.76 bits per heavy atom. The summed E-state index contributed by atoms with van der Waals surface area (Å²) in [5.41, 5.74) is -0.197. The lowest BCUT2D eigenvalue weighted by Crippen LogP contribution is -2.54. The van der Waals surface area contributed by atoms with Crippen molar-refractivity contribution in [1.82, 2.24) is 25.8 Å². The van der Waals surface area contributed by atoms with Crippen LogP contribution in [0.5, 0.6) is 0 Å². The van der Waals surface area contributed by atoms with Gasteiger partial charge in [0.05, 0.1) is 22.3 Å². The summed E-state index contributed by atoms with van der Waals surface area (Å²) in [6.07, 6.45) is -0.313. The van der Waals surface area contributed by atoms with Gasteiger partial charge in [-0.15, -0.1) is 0 Å². The molecular formula is C33H33FN6O10. The fraction of sp³-hybridized carbons (Fsp3) is 0.364. The van der Waals surface area contributed by atoms with Crippen molar-refractivity contribution in [2.45, 2.75) is 64.1 Å². The third-order valence-corrected chi connectivity index (χ3v) is 7.99. The lowest BCUT2D eigenvalue weighted by atomic mass is 10.0. The number of anilines is 1. The molecular weight excluding hydrogens is 659 g/mol. The van der Waals surface area contributed by atoms with Gasteiger partial charge in [-0.2, -0.15) is 0 Å². The molecule has 0 saturated carbocycles. The Morgan fingerprint density at radius 1 is 0.760 bits per heavy atom. The molecule has 2 unspecified atom stereocenters. The highest BCUT2D eigenvalue weighted by atomic mass is 19.1. The summed E-state index contributed by atoms with van der Waals surface area (Å²) in [4.78, 5) is 110. The maximum absolute atomic E-state index is 13.7. The molecule has 16 nitrogen and oxygen atoms in total. The molecule has 2 aromatic rings. The van der Waals surface area contributed by atoms with E-state index in [2.05, 4.69) is 21.3 Å². The molecule has 50 heavy (non-hydrogen) atoms. The lowest BCUT2D eigenvalue weighted by Gasteiger charge is -2.27. The van der Waals surface area contributed by atoms with Crippen LogP contribution < -0.4 is 21.3 Å². The summed E-state index contributed by atoms with van der Waals surface area (Å²) < 4.78 is 18.8. The van der Waals surface area contributed by atoms with E-state index in [0.717, 1.165) is 15.9 Å². The second kappa shape index (κ2) is 13.9. The van der Waals surface area contributed by atoms with E-state index in [0.29, 0.717) is 5.69 Å². The first-order chi connectivity index (χ1) is 23.6. The molecule has 6 rings (SSSR count). The fourth-order valence-electron chi connectivity index (χ4n) is 5.81. The third-order valence-electron chi connectivity index (χ3n) is 7.99. The van der Waals surface area contributed by atoms with Crippen LogP contribution in [0.1, 0.15) is 87.9 Å². The molecule has 17 heteroatoms. The van der Waals surface area contributed by atoms with E-state index in [4.69, 9.17) is 4.74 Å². The Balaban J connectivity index is 0.000000210. The zero-order valence-electron chi connectivity index (χ0n) is 27.2. The van der Waals surface area contributed by atoms with Gasteiger partial charge in [0.2, 0.25) is 23.6 Å². The van der Waals surface area contributed by atoms with E-state index in [1.165, 1.54) is 18.2 Å². The molecule has 4 heterocycles. The van der Waals surface area contributed by atoms with Crippen molar-refractivity contribution in [3.05, 3.63) is 64.5 Å². The third kappa shape index (κ3) is 7.06. The minimum absolute atomic E-state index is 0.0340. The maximum Gasteiger partial charge on any atom is 0.407 e. The Kier molecular flexibility index (Phi) is 9.78. The van der Waals surface area contributed by atoms with Crippen LogP contribution in [0.15, 0.2) is 36.4 Å². The van der Waals surface area contributed by atoms with Crippen molar-refractivity contribution in [3.8, 4) is 0 Å². The van der Waals surface area contributed by atoms with Crippen molar-refractivity contribution < 1.29 is 52.3 Å². The molecule has 0 radical (unpaired) electrons. The molecule has 2 aromatic carbocycles. The topological polar surface area (TPSA) is 217 Å². The number of alkyl carbamates (subject to hydrolysis) is 1. The number of halogens is 1. The molecule has 0 spiro atoms. The second-order valence-electron chi connectivity index (χ2n) is 12.6. The number of amides is 9. The number of benzene rings is 2. The molecule has 0 aromatic heterocycles. The minimum Gasteiger partial charge on any atom is -0.444 e. The second-order valence-corrected chi connectivity index (χ2v) is 12.6. The van der Waals surface area contributed by atoms with Gasteiger partial charge < -0.3 is 15.4 Å². The number of carbonyl (C=O) groups is 9. The number of rotatable bonds is 6. The highest BCUT2D eigenvalue weighted by molar-refractivity contribution is 6.26. The highest BCUT2D eigenvalue weighted by Crippen LogP contribution is 2.32. The Labute approximate surface area is 284 Å². The summed E-state index contributed by atoms with van der Waals surface area (Å²) >= 11 is 0. The molecule has 2 fully saturated rings. The summed E-state index contributed by atoms with van der Waals surface area (Å²) in [6.45, 7) is 5.80. The molecule has 0 bridgehead atoms. The summed E-state index contributed by atoms with van der Waals surface area (Å²) in [5.74, 6) is -5.74. The van der Waals surface area contributed by atoms with Crippen LogP contribution in [0, 0.1) is 5.82 Å². The summed E-state index contributed by atoms with van der Waals surface area (Å²) in [6, 6.07) is 6.45. The van der Waals surface area contributed by atoms with Crippen LogP contribution in [-0.2, 0) is 23.9 Å². The molecule has 4 N–H and O–H groups in total. The molecule has 4 aliphatic rings. The predicted octanol–water partition coefficient (Wildman–Crippen LogP) is 1.25. The predicted molar refractivity (Wildman–Crippen MR) is 169 cm³/mol. The first-order valence-corrected chi connectivity index (χ1v) is 15.6. The Bertz CT molecular complexity index is 1850. The number of piperidine rings is 2. The number of nitrogens with zero attached hydrogens (tertiary/aromatic N) is 2. The van der Waals surface area contributed by atoms with Crippen molar-refractivity contribution in [3.63, 3.8) is 0 Å². The number of imide groups is 4. The first-order valence-electron chi connectivity index (χ1n) is 15.6. The summed E-state index contributed by atoms with van der Waals surface area (Å²) in [7, 11) is 0. The van der Waals surface area contributed by atoms with E-state index in [1.807, 2.05) is 0 Å². The quantitative estimate of drug-likeness (QED) is 0.250. The van der Waals surface area contributed by atoms with Crippen molar-refractivity contribution in [2.75, 3.05) is 18.4 Å². The number of fused-ring (bicyclic) bond motifs is 2. The standard InChI is InChI=1S/C20H24N4O6.C13H9FN2O4/c1-20(2,3)30-19(29)22-10-9-21-12-6-4-5-11-15(12)18(28)24(17(11)27)13-7-8-14(25)23-16(13)26;14-7-3-1-2-6-10(7)13(20)16(12(6)19)8-4-5-9(17)15-11(8)18/h4-6,13,21H,7-10H2,1-3H3,(H,22,29)(H,23,25,26);1-3,8H,4-5H2,(H,15,17,18). The number of ether oxygens (including phenoxy) is 1. The van der Waals surface area contributed by atoms with Crippen LogP contribution in [0.3, 0.4) is 0 Å². The zero-order valence-corrected chi connectivity index (χ0v) is 27.2. The molecule has 2 saturated heterocycles. The lowest BCUT2D eigenvalue weighted by molar-refractivity contribution is -0.137. The van der Waals surface area contributed by atoms with Crippen molar-refractivity contribution >= 4 is 59.0 Å². The van der Waals surface area contributed by atoms with E-state index in [1.54, 1.807) is 32.9 Å². The molecule has 2 atom stereocenters. The van der Waals surface area contributed by atoms with Crippen molar-refractivity contribution in [2.24, 2.45) is 0 Å². The van der Waals surface area contributed by atoms with Crippen LogP contribution in [-0.4, -0.2) is 93.9 Å². The summed E-state index contributed by atoms with van der Waals surface area (Å²) in [5, 5.41) is 9.86. The number of carbonyl (C=O) groups excluding carboxylic acids is 9. The van der Waals surface area contributed by atoms with Gasteiger partial charge in [-0.1, -0.05) is 12.1 Å². The zero-order chi connectivity index (χ0) is 36.5. The van der Waals surface area contributed by atoms with Gasteiger partial charge in [-0.25, -0.2) is 9.18 Å². The van der Waals surface area contributed by atoms with E-state index in [9.17, 15) is 47.5 Å². The SMILES string of the molecule is CC(C)(C)OC(=O)NCCNc1cccc2c1C(=O)N(C1CCC(=O)NC1=O)C2=O.O=C1CCC(N2C(=O)c3cccc(F)c3C2=O)C(=O)N1. The van der Waals surface area contributed by atoms with E-state index in [-0.39, 0.29) is 61.0 Å². The highest BCUT2D eigenvalue weighted by Gasteiger charge is 2.47. The smallest absolute Gasteiger partial charge is 0.407 e. The van der Waals surface area contributed by atoms with E-state index < -0.39 is 76.9 Å². The average molecular weight is 693 g/mol. The number of hydrogen-bond donors (Lipinski definition) is 4. The number of hydrogen-bond acceptors (Lipinski definition) is 11. The van der Waals surface area contributed by atoms with Gasteiger partial charge in [0.1, 0.15) is 23.5 Å². The van der Waals surface area contributed by atoms with Crippen LogP contribution in [0.4, 0.5) is 14.9 Å². The first kappa shape index (κ1) is 35.3. The molecule has 9 amide bonds. The van der Waals surface area contributed by atoms with Crippen LogP contribution >= 0.6 is 0 Å².